The molecule has 0 saturated heterocycles. The summed E-state index contributed by atoms with van der Waals surface area (Å²) in [5, 5.41) is 2.75. The normalized spacial score (nSPS) is 26.0. The lowest BCUT2D eigenvalue weighted by Gasteiger charge is -2.01. The van der Waals surface area contributed by atoms with Gasteiger partial charge in [0.15, 0.2) is 11.9 Å². The van der Waals surface area contributed by atoms with Gasteiger partial charge in [0, 0.05) is 0 Å². The molecule has 0 radical (unpaired) electrons. The molecule has 0 amide bonds. The maximum absolute atomic E-state index is 11.7. The molecule has 0 aliphatic carbocycles. The monoisotopic (exact) mass is 154 g/mol. The van der Waals surface area contributed by atoms with E-state index < -0.39 is 18.1 Å². The van der Waals surface area contributed by atoms with Crippen LogP contribution in [0.15, 0.2) is 5.16 Å². The highest BCUT2D eigenvalue weighted by atomic mass is 19.4. The fourth-order valence-electron chi connectivity index (χ4n) is 0.564. The summed E-state index contributed by atoms with van der Waals surface area (Å²) >= 11 is 0. The number of alkyl halides is 3. The molecular weight excluding hydrogens is 149 g/mol. The standard InChI is InChI=1S/C4H5F3N2O/c5-4(6,7)2-1-3(8)10-9-2/h3H,1,8H2. The first-order valence-electron chi connectivity index (χ1n) is 2.55. The zero-order valence-corrected chi connectivity index (χ0v) is 4.85. The van der Waals surface area contributed by atoms with Crippen LogP contribution in [0.5, 0.6) is 0 Å². The molecule has 0 spiro atoms. The molecule has 10 heavy (non-hydrogen) atoms. The van der Waals surface area contributed by atoms with Gasteiger partial charge >= 0.3 is 6.18 Å². The van der Waals surface area contributed by atoms with E-state index in [0.717, 1.165) is 0 Å². The van der Waals surface area contributed by atoms with E-state index in [1.807, 2.05) is 0 Å². The molecule has 0 aromatic heterocycles. The molecule has 3 nitrogen and oxygen atoms in total. The Hall–Kier alpha value is -0.780. The van der Waals surface area contributed by atoms with Crippen LogP contribution in [0.3, 0.4) is 0 Å². The van der Waals surface area contributed by atoms with E-state index in [1.54, 1.807) is 0 Å². The van der Waals surface area contributed by atoms with Gasteiger partial charge in [-0.05, 0) is 0 Å². The maximum Gasteiger partial charge on any atom is 0.432 e. The minimum atomic E-state index is -4.39. The number of nitrogens with two attached hydrogens (primary N) is 1. The Morgan fingerprint density at radius 1 is 1.60 bits per heavy atom. The molecule has 0 fully saturated rings. The molecule has 0 aromatic rings. The lowest BCUT2D eigenvalue weighted by atomic mass is 10.2. The van der Waals surface area contributed by atoms with Gasteiger partial charge in [0.05, 0.1) is 6.42 Å². The van der Waals surface area contributed by atoms with Gasteiger partial charge in [-0.15, -0.1) is 0 Å². The summed E-state index contributed by atoms with van der Waals surface area (Å²) in [7, 11) is 0. The summed E-state index contributed by atoms with van der Waals surface area (Å²) in [6.07, 6.45) is -5.69. The Labute approximate surface area is 54.6 Å². The van der Waals surface area contributed by atoms with Crippen molar-refractivity contribution in [1.29, 1.82) is 0 Å². The highest BCUT2D eigenvalue weighted by Crippen LogP contribution is 2.23. The van der Waals surface area contributed by atoms with Gasteiger partial charge in [-0.1, -0.05) is 5.16 Å². The van der Waals surface area contributed by atoms with Gasteiger partial charge in [0.25, 0.3) is 0 Å². The Morgan fingerprint density at radius 3 is 2.40 bits per heavy atom. The highest BCUT2D eigenvalue weighted by molar-refractivity contribution is 5.90. The second-order valence-electron chi connectivity index (χ2n) is 1.88. The molecule has 1 heterocycles. The van der Waals surface area contributed by atoms with Crippen molar-refractivity contribution in [2.45, 2.75) is 18.8 Å². The van der Waals surface area contributed by atoms with Crippen LogP contribution in [-0.2, 0) is 4.84 Å². The Morgan fingerprint density at radius 2 is 2.20 bits per heavy atom. The van der Waals surface area contributed by atoms with Gasteiger partial charge in [0.2, 0.25) is 0 Å². The molecule has 58 valence electrons. The predicted octanol–water partition coefficient (Wildman–Crippen LogP) is 0.610. The van der Waals surface area contributed by atoms with Gasteiger partial charge in [-0.25, -0.2) is 0 Å². The van der Waals surface area contributed by atoms with Gasteiger partial charge in [0.1, 0.15) is 0 Å². The first-order chi connectivity index (χ1) is 4.50. The Balaban J connectivity index is 2.60. The summed E-state index contributed by atoms with van der Waals surface area (Å²) in [5.41, 5.74) is 4.04. The summed E-state index contributed by atoms with van der Waals surface area (Å²) in [5.74, 6) is 0. The predicted molar refractivity (Wildman–Crippen MR) is 27.2 cm³/mol. The first-order valence-corrected chi connectivity index (χ1v) is 2.55. The third-order valence-electron chi connectivity index (χ3n) is 1.02. The first kappa shape index (κ1) is 7.33. The third-order valence-corrected chi connectivity index (χ3v) is 1.02. The lowest BCUT2D eigenvalue weighted by molar-refractivity contribution is -0.0604. The number of hydrogen-bond donors (Lipinski definition) is 1. The number of hydrogen-bond acceptors (Lipinski definition) is 3. The quantitative estimate of drug-likeness (QED) is 0.555. The van der Waals surface area contributed by atoms with Gasteiger partial charge < -0.3 is 4.84 Å². The minimum Gasteiger partial charge on any atom is -0.376 e. The van der Waals surface area contributed by atoms with Crippen LogP contribution in [-0.4, -0.2) is 18.1 Å². The van der Waals surface area contributed by atoms with Crippen molar-refractivity contribution in [2.75, 3.05) is 0 Å². The number of nitrogens with zero attached hydrogens (tertiary/aromatic N) is 1. The number of rotatable bonds is 0. The van der Waals surface area contributed by atoms with E-state index in [2.05, 4.69) is 9.99 Å². The van der Waals surface area contributed by atoms with Crippen molar-refractivity contribution in [3.8, 4) is 0 Å². The average molecular weight is 154 g/mol. The van der Waals surface area contributed by atoms with Crippen LogP contribution in [0, 0.1) is 0 Å². The Bertz CT molecular complexity index is 164. The Kier molecular flexibility index (Phi) is 1.55. The van der Waals surface area contributed by atoms with Gasteiger partial charge in [-0.3, -0.25) is 5.73 Å². The molecule has 1 aliphatic heterocycles. The molecular formula is C4H5F3N2O. The summed E-state index contributed by atoms with van der Waals surface area (Å²) in [6.45, 7) is 0. The zero-order valence-electron chi connectivity index (χ0n) is 4.85. The SMILES string of the molecule is NC1CC(C(F)(F)F)=NO1. The summed E-state index contributed by atoms with van der Waals surface area (Å²) in [4.78, 5) is 4.14. The van der Waals surface area contributed by atoms with Crippen LogP contribution in [0.2, 0.25) is 0 Å². The van der Waals surface area contributed by atoms with Gasteiger partial charge in [-0.2, -0.15) is 13.2 Å². The van der Waals surface area contributed by atoms with E-state index in [-0.39, 0.29) is 6.42 Å². The zero-order chi connectivity index (χ0) is 7.78. The van der Waals surface area contributed by atoms with Crippen LogP contribution in [0.4, 0.5) is 13.2 Å². The van der Waals surface area contributed by atoms with E-state index >= 15 is 0 Å². The van der Waals surface area contributed by atoms with E-state index in [1.165, 1.54) is 0 Å². The maximum atomic E-state index is 11.7. The van der Waals surface area contributed by atoms with Crippen molar-refractivity contribution in [3.05, 3.63) is 0 Å². The van der Waals surface area contributed by atoms with Crippen LogP contribution >= 0.6 is 0 Å². The molecule has 6 heteroatoms. The second-order valence-corrected chi connectivity index (χ2v) is 1.88. The molecule has 1 aliphatic rings. The minimum absolute atomic E-state index is 0.358. The molecule has 1 rings (SSSR count). The largest absolute Gasteiger partial charge is 0.432 e. The molecule has 0 aromatic carbocycles. The smallest absolute Gasteiger partial charge is 0.376 e. The molecule has 0 bridgehead atoms. The third kappa shape index (κ3) is 1.38. The molecule has 1 atom stereocenters. The fourth-order valence-corrected chi connectivity index (χ4v) is 0.564. The van der Waals surface area contributed by atoms with Crippen LogP contribution in [0.25, 0.3) is 0 Å². The average Bonchev–Trinajstić information content (AvgIpc) is 2.11. The van der Waals surface area contributed by atoms with Crippen molar-refractivity contribution < 1.29 is 18.0 Å². The molecule has 0 saturated carbocycles. The number of oxime groups is 1. The van der Waals surface area contributed by atoms with Crippen molar-refractivity contribution >= 4 is 5.71 Å². The van der Waals surface area contributed by atoms with Crippen LogP contribution < -0.4 is 5.73 Å². The topological polar surface area (TPSA) is 47.6 Å². The molecule has 2 N–H and O–H groups in total. The highest BCUT2D eigenvalue weighted by Gasteiger charge is 2.40. The fraction of sp³-hybridized carbons (Fsp3) is 0.750. The van der Waals surface area contributed by atoms with Crippen molar-refractivity contribution in [3.63, 3.8) is 0 Å². The van der Waals surface area contributed by atoms with Crippen molar-refractivity contribution in [1.82, 2.24) is 0 Å². The van der Waals surface area contributed by atoms with E-state index in [9.17, 15) is 13.2 Å². The lowest BCUT2D eigenvalue weighted by Crippen LogP contribution is -2.26. The summed E-state index contributed by atoms with van der Waals surface area (Å²) < 4.78 is 35.0. The summed E-state index contributed by atoms with van der Waals surface area (Å²) in [6, 6.07) is 0. The second kappa shape index (κ2) is 2.12. The number of halogens is 3. The van der Waals surface area contributed by atoms with Crippen LogP contribution in [0.1, 0.15) is 6.42 Å². The molecule has 1 unspecified atom stereocenters. The van der Waals surface area contributed by atoms with E-state index in [4.69, 9.17) is 5.73 Å². The van der Waals surface area contributed by atoms with Crippen molar-refractivity contribution in [2.24, 2.45) is 10.9 Å². The van der Waals surface area contributed by atoms with E-state index in [0.29, 0.717) is 0 Å².